The predicted octanol–water partition coefficient (Wildman–Crippen LogP) is 3.85. The number of benzene rings is 2. The lowest BCUT2D eigenvalue weighted by Crippen LogP contribution is -2.06. The van der Waals surface area contributed by atoms with Gasteiger partial charge in [0.15, 0.2) is 0 Å². The van der Waals surface area contributed by atoms with Gasteiger partial charge in [-0.3, -0.25) is 0 Å². The summed E-state index contributed by atoms with van der Waals surface area (Å²) in [5.41, 5.74) is 2.75. The highest BCUT2D eigenvalue weighted by atomic mass is 79.9. The van der Waals surface area contributed by atoms with E-state index in [-0.39, 0.29) is 5.56 Å². The van der Waals surface area contributed by atoms with E-state index >= 15 is 0 Å². The van der Waals surface area contributed by atoms with Crippen LogP contribution in [0.1, 0.15) is 21.7 Å². The fraction of sp³-hybridized carbons (Fsp3) is 0.125. The first kappa shape index (κ1) is 13.8. The molecule has 0 saturated carbocycles. The average Bonchev–Trinajstić information content (AvgIpc) is 2.75. The van der Waals surface area contributed by atoms with Gasteiger partial charge in [0, 0.05) is 11.0 Å². The second-order valence-corrected chi connectivity index (χ2v) is 5.77. The van der Waals surface area contributed by atoms with Crippen LogP contribution in [-0.2, 0) is 6.54 Å². The van der Waals surface area contributed by atoms with Crippen LogP contribution in [0, 0.1) is 6.92 Å². The molecule has 0 spiro atoms. The summed E-state index contributed by atoms with van der Waals surface area (Å²) in [4.78, 5) is 15.9. The molecule has 0 unspecified atom stereocenters. The average molecular weight is 345 g/mol. The fourth-order valence-electron chi connectivity index (χ4n) is 2.49. The molecule has 21 heavy (non-hydrogen) atoms. The highest BCUT2D eigenvalue weighted by Crippen LogP contribution is 2.22. The Labute approximate surface area is 130 Å². The number of aromatic nitrogens is 2. The number of carbonyl (C=O) groups is 1. The van der Waals surface area contributed by atoms with Gasteiger partial charge in [-0.05, 0) is 36.8 Å². The van der Waals surface area contributed by atoms with E-state index in [4.69, 9.17) is 0 Å². The zero-order valence-electron chi connectivity index (χ0n) is 11.4. The number of aromatic carboxylic acids is 1. The van der Waals surface area contributed by atoms with Crippen molar-refractivity contribution in [3.05, 3.63) is 63.9 Å². The highest BCUT2D eigenvalue weighted by Gasteiger charge is 2.15. The number of carboxylic acid groups (broad SMARTS) is 1. The zero-order valence-corrected chi connectivity index (χ0v) is 13.0. The molecule has 0 radical (unpaired) electrons. The molecule has 0 fully saturated rings. The van der Waals surface area contributed by atoms with Gasteiger partial charge >= 0.3 is 5.97 Å². The summed E-state index contributed by atoms with van der Waals surface area (Å²) in [5, 5.41) is 9.38. The van der Waals surface area contributed by atoms with Crippen LogP contribution in [0.15, 0.2) is 46.9 Å². The smallest absolute Gasteiger partial charge is 0.337 e. The second kappa shape index (κ2) is 5.33. The van der Waals surface area contributed by atoms with Gasteiger partial charge in [-0.1, -0.05) is 34.1 Å². The first-order valence-electron chi connectivity index (χ1n) is 6.50. The minimum atomic E-state index is -0.934. The quantitative estimate of drug-likeness (QED) is 0.784. The molecule has 0 atom stereocenters. The third kappa shape index (κ3) is 2.56. The van der Waals surface area contributed by atoms with Crippen molar-refractivity contribution in [3.63, 3.8) is 0 Å². The second-order valence-electron chi connectivity index (χ2n) is 4.85. The Kier molecular flexibility index (Phi) is 3.51. The molecular formula is C16H13BrN2O2. The maximum atomic E-state index is 11.4. The van der Waals surface area contributed by atoms with Crippen LogP contribution in [-0.4, -0.2) is 20.6 Å². The molecule has 5 heteroatoms. The summed E-state index contributed by atoms with van der Waals surface area (Å²) < 4.78 is 2.95. The van der Waals surface area contributed by atoms with Gasteiger partial charge in [0.1, 0.15) is 5.82 Å². The molecule has 3 aromatic rings. The number of nitrogens with zero attached hydrogens (tertiary/aromatic N) is 2. The Hall–Kier alpha value is -2.14. The number of rotatable bonds is 3. The molecule has 0 aliphatic carbocycles. The van der Waals surface area contributed by atoms with Crippen molar-refractivity contribution < 1.29 is 9.90 Å². The maximum absolute atomic E-state index is 11.4. The normalized spacial score (nSPS) is 11.0. The molecule has 2 aromatic carbocycles. The zero-order chi connectivity index (χ0) is 15.0. The third-order valence-electron chi connectivity index (χ3n) is 3.42. The van der Waals surface area contributed by atoms with Gasteiger partial charge in [-0.25, -0.2) is 9.78 Å². The summed E-state index contributed by atoms with van der Waals surface area (Å²) >= 11 is 3.45. The Morgan fingerprint density at radius 2 is 2.05 bits per heavy atom. The Balaban J connectivity index is 2.18. The van der Waals surface area contributed by atoms with E-state index in [1.165, 1.54) is 0 Å². The first-order chi connectivity index (χ1) is 10.1. The van der Waals surface area contributed by atoms with Crippen molar-refractivity contribution in [3.8, 4) is 0 Å². The molecule has 3 rings (SSSR count). The molecule has 1 N–H and O–H groups in total. The van der Waals surface area contributed by atoms with E-state index in [1.807, 2.05) is 41.8 Å². The molecule has 4 nitrogen and oxygen atoms in total. The van der Waals surface area contributed by atoms with E-state index in [9.17, 15) is 9.90 Å². The number of hydrogen-bond acceptors (Lipinski definition) is 2. The Bertz CT molecular complexity index is 839. The van der Waals surface area contributed by atoms with Gasteiger partial charge in [0.05, 0.1) is 16.6 Å². The standard InChI is InChI=1S/C16H13BrN2O2/c1-10-18-14-7-3-6-13(16(20)21)15(14)19(10)9-11-4-2-5-12(17)8-11/h2-8H,9H2,1H3,(H,20,21). The van der Waals surface area contributed by atoms with Crippen molar-refractivity contribution in [2.75, 3.05) is 0 Å². The molecule has 106 valence electrons. The Morgan fingerprint density at radius 1 is 1.29 bits per heavy atom. The predicted molar refractivity (Wildman–Crippen MR) is 84.7 cm³/mol. The van der Waals surface area contributed by atoms with E-state index < -0.39 is 5.97 Å². The summed E-state index contributed by atoms with van der Waals surface area (Å²) in [6, 6.07) is 13.1. The van der Waals surface area contributed by atoms with E-state index in [1.54, 1.807) is 12.1 Å². The van der Waals surface area contributed by atoms with E-state index in [0.717, 1.165) is 15.9 Å². The van der Waals surface area contributed by atoms with Crippen molar-refractivity contribution in [1.29, 1.82) is 0 Å². The molecular weight excluding hydrogens is 332 g/mol. The summed E-state index contributed by atoms with van der Waals surface area (Å²) in [6.45, 7) is 2.48. The van der Waals surface area contributed by atoms with Crippen molar-refractivity contribution in [1.82, 2.24) is 9.55 Å². The lowest BCUT2D eigenvalue weighted by molar-refractivity contribution is 0.0698. The lowest BCUT2D eigenvalue weighted by Gasteiger charge is -2.09. The number of halogens is 1. The van der Waals surface area contributed by atoms with Gasteiger partial charge in [-0.15, -0.1) is 0 Å². The number of carboxylic acids is 1. The van der Waals surface area contributed by atoms with Gasteiger partial charge in [-0.2, -0.15) is 0 Å². The minimum Gasteiger partial charge on any atom is -0.478 e. The van der Waals surface area contributed by atoms with Crippen LogP contribution in [0.25, 0.3) is 11.0 Å². The first-order valence-corrected chi connectivity index (χ1v) is 7.29. The van der Waals surface area contributed by atoms with Crippen LogP contribution in [0.4, 0.5) is 0 Å². The topological polar surface area (TPSA) is 55.1 Å². The number of fused-ring (bicyclic) bond motifs is 1. The molecule has 1 aromatic heterocycles. The summed E-state index contributed by atoms with van der Waals surface area (Å²) in [7, 11) is 0. The number of imidazole rings is 1. The van der Waals surface area contributed by atoms with Gasteiger partial charge in [0.2, 0.25) is 0 Å². The van der Waals surface area contributed by atoms with Crippen molar-refractivity contribution in [2.45, 2.75) is 13.5 Å². The number of para-hydroxylation sites is 1. The SMILES string of the molecule is Cc1nc2cccc(C(=O)O)c2n1Cc1cccc(Br)c1. The molecule has 0 aliphatic heterocycles. The monoisotopic (exact) mass is 344 g/mol. The molecule has 0 amide bonds. The largest absolute Gasteiger partial charge is 0.478 e. The maximum Gasteiger partial charge on any atom is 0.337 e. The van der Waals surface area contributed by atoms with Crippen LogP contribution >= 0.6 is 15.9 Å². The summed E-state index contributed by atoms with van der Waals surface area (Å²) in [5.74, 6) is -0.130. The van der Waals surface area contributed by atoms with Crippen molar-refractivity contribution in [2.24, 2.45) is 0 Å². The molecule has 0 bridgehead atoms. The molecule has 1 heterocycles. The summed E-state index contributed by atoms with van der Waals surface area (Å²) in [6.07, 6.45) is 0. The molecule has 0 aliphatic rings. The number of hydrogen-bond donors (Lipinski definition) is 1. The van der Waals surface area contributed by atoms with Gasteiger partial charge in [0.25, 0.3) is 0 Å². The molecule has 0 saturated heterocycles. The fourth-order valence-corrected chi connectivity index (χ4v) is 2.93. The van der Waals surface area contributed by atoms with Crippen LogP contribution in [0.5, 0.6) is 0 Å². The van der Waals surface area contributed by atoms with Gasteiger partial charge < -0.3 is 9.67 Å². The van der Waals surface area contributed by atoms with Crippen LogP contribution in [0.3, 0.4) is 0 Å². The van der Waals surface area contributed by atoms with E-state index in [2.05, 4.69) is 20.9 Å². The van der Waals surface area contributed by atoms with E-state index in [0.29, 0.717) is 17.6 Å². The Morgan fingerprint density at radius 3 is 2.76 bits per heavy atom. The van der Waals surface area contributed by atoms with Crippen LogP contribution < -0.4 is 0 Å². The third-order valence-corrected chi connectivity index (χ3v) is 3.91. The lowest BCUT2D eigenvalue weighted by atomic mass is 10.1. The number of aryl methyl sites for hydroxylation is 1. The highest BCUT2D eigenvalue weighted by molar-refractivity contribution is 9.10. The van der Waals surface area contributed by atoms with Crippen molar-refractivity contribution >= 4 is 32.9 Å². The van der Waals surface area contributed by atoms with Crippen LogP contribution in [0.2, 0.25) is 0 Å². The minimum absolute atomic E-state index is 0.281.